The molecule has 218 valence electrons. The summed E-state index contributed by atoms with van der Waals surface area (Å²) in [6.07, 6.45) is 1.30. The topological polar surface area (TPSA) is 196 Å². The molecule has 2 aromatic heterocycles. The molecule has 0 saturated carbocycles. The van der Waals surface area contributed by atoms with Crippen molar-refractivity contribution in [2.24, 2.45) is 0 Å². The highest BCUT2D eigenvalue weighted by molar-refractivity contribution is 5.97. The fraction of sp³-hybridized carbons (Fsp3) is 0.333. The summed E-state index contributed by atoms with van der Waals surface area (Å²) in [5.41, 5.74) is 2.57. The molecule has 2 heterocycles. The fourth-order valence-electron chi connectivity index (χ4n) is 5.25. The first-order valence-corrected chi connectivity index (χ1v) is 13.1. The summed E-state index contributed by atoms with van der Waals surface area (Å²) in [4.78, 5) is 57.1. The number of aromatic amines is 1. The SMILES string of the molecule is Cc1nc2cc3c(cc2c(=O)[nH]1)C(N(C)c1ccc(C(=O)N[C@@H](CCc2nnnn2CC(=O)O)C(=O)O)c(F)c1)CC3. The minimum atomic E-state index is -1.40. The molecule has 0 radical (unpaired) electrons. The number of carbonyl (C=O) groups is 3. The highest BCUT2D eigenvalue weighted by Gasteiger charge is 2.29. The van der Waals surface area contributed by atoms with Crippen molar-refractivity contribution in [3.8, 4) is 0 Å². The molecule has 1 aliphatic carbocycles. The molecule has 0 aliphatic heterocycles. The molecule has 1 amide bonds. The molecular formula is C27H27FN8O6. The first kappa shape index (κ1) is 28.3. The van der Waals surface area contributed by atoms with Gasteiger partial charge in [-0.15, -0.1) is 5.10 Å². The predicted molar refractivity (Wildman–Crippen MR) is 146 cm³/mol. The number of nitrogens with zero attached hydrogens (tertiary/aromatic N) is 6. The summed E-state index contributed by atoms with van der Waals surface area (Å²) >= 11 is 0. The minimum absolute atomic E-state index is 0.0383. The molecule has 0 fully saturated rings. The normalized spacial score (nSPS) is 14.9. The predicted octanol–water partition coefficient (Wildman–Crippen LogP) is 1.38. The van der Waals surface area contributed by atoms with Crippen LogP contribution in [0.3, 0.4) is 0 Å². The van der Waals surface area contributed by atoms with E-state index in [9.17, 15) is 24.3 Å². The van der Waals surface area contributed by atoms with Gasteiger partial charge in [0.05, 0.1) is 22.5 Å². The minimum Gasteiger partial charge on any atom is -0.480 e. The number of aryl methyl sites for hydroxylation is 3. The van der Waals surface area contributed by atoms with Crippen molar-refractivity contribution in [2.75, 3.05) is 11.9 Å². The molecule has 15 heteroatoms. The molecule has 4 aromatic rings. The first-order valence-electron chi connectivity index (χ1n) is 13.1. The van der Waals surface area contributed by atoms with Gasteiger partial charge in [0.15, 0.2) is 5.82 Å². The number of halogens is 1. The monoisotopic (exact) mass is 578 g/mol. The smallest absolute Gasteiger partial charge is 0.326 e. The number of amides is 1. The van der Waals surface area contributed by atoms with Crippen molar-refractivity contribution in [1.29, 1.82) is 0 Å². The number of aliphatic carboxylic acids is 2. The van der Waals surface area contributed by atoms with E-state index in [2.05, 4.69) is 30.8 Å². The number of rotatable bonds is 10. The first-order chi connectivity index (χ1) is 20.0. The van der Waals surface area contributed by atoms with Crippen molar-refractivity contribution in [2.45, 2.75) is 51.2 Å². The second-order valence-corrected chi connectivity index (χ2v) is 10.1. The molecule has 0 spiro atoms. The zero-order valence-electron chi connectivity index (χ0n) is 22.7. The van der Waals surface area contributed by atoms with Crippen molar-refractivity contribution in [1.82, 2.24) is 35.5 Å². The summed E-state index contributed by atoms with van der Waals surface area (Å²) in [5.74, 6) is -3.61. The Balaban J connectivity index is 1.30. The van der Waals surface area contributed by atoms with E-state index in [1.54, 1.807) is 20.0 Å². The molecular weight excluding hydrogens is 551 g/mol. The number of hydrogen-bond donors (Lipinski definition) is 4. The van der Waals surface area contributed by atoms with Gasteiger partial charge in [-0.3, -0.25) is 14.4 Å². The fourth-order valence-corrected chi connectivity index (χ4v) is 5.25. The van der Waals surface area contributed by atoms with Crippen LogP contribution in [-0.4, -0.2) is 71.3 Å². The van der Waals surface area contributed by atoms with Gasteiger partial charge in [-0.05, 0) is 78.1 Å². The largest absolute Gasteiger partial charge is 0.480 e. The Labute approximate surface area is 237 Å². The number of fused-ring (bicyclic) bond motifs is 2. The van der Waals surface area contributed by atoms with Crippen molar-refractivity contribution in [3.63, 3.8) is 0 Å². The van der Waals surface area contributed by atoms with Crippen LogP contribution < -0.4 is 15.8 Å². The number of nitrogens with one attached hydrogen (secondary N) is 2. The van der Waals surface area contributed by atoms with Gasteiger partial charge in [0.1, 0.15) is 24.2 Å². The van der Waals surface area contributed by atoms with E-state index >= 15 is 4.39 Å². The Morgan fingerprint density at radius 1 is 1.24 bits per heavy atom. The number of hydrogen-bond acceptors (Lipinski definition) is 9. The molecule has 4 N–H and O–H groups in total. The molecule has 0 bridgehead atoms. The van der Waals surface area contributed by atoms with Gasteiger partial charge in [-0.1, -0.05) is 0 Å². The van der Waals surface area contributed by atoms with Crippen LogP contribution in [0.2, 0.25) is 0 Å². The van der Waals surface area contributed by atoms with Gasteiger partial charge in [0.25, 0.3) is 11.5 Å². The average molecular weight is 579 g/mol. The Hall–Kier alpha value is -5.21. The lowest BCUT2D eigenvalue weighted by atomic mass is 10.0. The van der Waals surface area contributed by atoms with Gasteiger partial charge in [0.2, 0.25) is 0 Å². The third kappa shape index (κ3) is 5.66. The van der Waals surface area contributed by atoms with E-state index in [0.717, 1.165) is 28.7 Å². The van der Waals surface area contributed by atoms with Crippen LogP contribution in [-0.2, 0) is 29.0 Å². The highest BCUT2D eigenvalue weighted by Crippen LogP contribution is 2.39. The summed E-state index contributed by atoms with van der Waals surface area (Å²) < 4.78 is 16.2. The van der Waals surface area contributed by atoms with Gasteiger partial charge < -0.3 is 25.4 Å². The van der Waals surface area contributed by atoms with Crippen LogP contribution in [0.1, 0.15) is 52.0 Å². The van der Waals surface area contributed by atoms with Gasteiger partial charge >= 0.3 is 11.9 Å². The van der Waals surface area contributed by atoms with Crippen LogP contribution in [0.5, 0.6) is 0 Å². The van der Waals surface area contributed by atoms with E-state index in [1.165, 1.54) is 12.1 Å². The number of carboxylic acids is 2. The van der Waals surface area contributed by atoms with E-state index in [-0.39, 0.29) is 35.8 Å². The van der Waals surface area contributed by atoms with Crippen LogP contribution in [0, 0.1) is 12.7 Å². The second kappa shape index (κ2) is 11.3. The number of anilines is 1. The van der Waals surface area contributed by atoms with Crippen LogP contribution in [0.4, 0.5) is 10.1 Å². The molecule has 2 aromatic carbocycles. The Kier molecular flexibility index (Phi) is 7.65. The average Bonchev–Trinajstić information content (AvgIpc) is 3.55. The molecule has 1 aliphatic rings. The molecule has 5 rings (SSSR count). The molecule has 14 nitrogen and oxygen atoms in total. The zero-order valence-corrected chi connectivity index (χ0v) is 22.7. The number of carboxylic acid groups (broad SMARTS) is 2. The number of tetrazole rings is 1. The summed E-state index contributed by atoms with van der Waals surface area (Å²) in [5, 5.41) is 32.0. The number of carbonyl (C=O) groups excluding carboxylic acids is 1. The summed E-state index contributed by atoms with van der Waals surface area (Å²) in [6.45, 7) is 1.22. The third-order valence-electron chi connectivity index (χ3n) is 7.35. The number of benzene rings is 2. The van der Waals surface area contributed by atoms with Gasteiger partial charge in [-0.2, -0.15) is 0 Å². The maximum atomic E-state index is 15.2. The van der Waals surface area contributed by atoms with Crippen molar-refractivity contribution < 1.29 is 29.0 Å². The quantitative estimate of drug-likeness (QED) is 0.212. The number of aromatic nitrogens is 6. The Bertz CT molecular complexity index is 1770. The lowest BCUT2D eigenvalue weighted by Gasteiger charge is -2.28. The van der Waals surface area contributed by atoms with E-state index in [1.807, 2.05) is 17.0 Å². The van der Waals surface area contributed by atoms with Crippen LogP contribution in [0.25, 0.3) is 10.9 Å². The standard InChI is InChI=1S/C27H27FN8O6/c1-13-29-21-9-14-3-7-22(17(14)11-18(21)26(40)30-13)35(2)15-4-5-16(19(28)10-15)25(39)31-20(27(41)42)6-8-23-32-33-34-36(23)12-24(37)38/h4-5,9-11,20,22H,3,6-8,12H2,1-2H3,(H,31,39)(H,37,38)(H,41,42)(H,29,30,40)/t20-,22?/m0/s1. The zero-order chi connectivity index (χ0) is 30.1. The van der Waals surface area contributed by atoms with Gasteiger partial charge in [-0.25, -0.2) is 18.9 Å². The number of H-pyrrole nitrogens is 1. The molecule has 2 atom stereocenters. The highest BCUT2D eigenvalue weighted by atomic mass is 19.1. The Morgan fingerprint density at radius 3 is 2.74 bits per heavy atom. The van der Waals surface area contributed by atoms with E-state index in [4.69, 9.17) is 5.11 Å². The Morgan fingerprint density at radius 2 is 2.02 bits per heavy atom. The van der Waals surface area contributed by atoms with Crippen LogP contribution >= 0.6 is 0 Å². The maximum Gasteiger partial charge on any atom is 0.326 e. The van der Waals surface area contributed by atoms with E-state index in [0.29, 0.717) is 22.4 Å². The molecule has 42 heavy (non-hydrogen) atoms. The van der Waals surface area contributed by atoms with Crippen LogP contribution in [0.15, 0.2) is 35.1 Å². The summed E-state index contributed by atoms with van der Waals surface area (Å²) in [6, 6.07) is 6.27. The third-order valence-corrected chi connectivity index (χ3v) is 7.35. The molecule has 0 saturated heterocycles. The summed E-state index contributed by atoms with van der Waals surface area (Å²) in [7, 11) is 1.80. The second-order valence-electron chi connectivity index (χ2n) is 10.1. The lowest BCUT2D eigenvalue weighted by molar-refractivity contribution is -0.140. The van der Waals surface area contributed by atoms with Crippen molar-refractivity contribution in [3.05, 3.63) is 74.8 Å². The maximum absolute atomic E-state index is 15.2. The van der Waals surface area contributed by atoms with E-state index < -0.39 is 36.2 Å². The van der Waals surface area contributed by atoms with Gasteiger partial charge in [0, 0.05) is 19.2 Å². The lowest BCUT2D eigenvalue weighted by Crippen LogP contribution is -2.41. The van der Waals surface area contributed by atoms with Crippen molar-refractivity contribution >= 4 is 34.4 Å². The molecule has 1 unspecified atom stereocenters.